The Morgan fingerprint density at radius 1 is 0.920 bits per heavy atom. The number of hydrogen-bond donors (Lipinski definition) is 5. The van der Waals surface area contributed by atoms with Crippen LogP contribution in [-0.2, 0) is 9.47 Å². The van der Waals surface area contributed by atoms with Crippen molar-refractivity contribution in [1.29, 1.82) is 0 Å². The van der Waals surface area contributed by atoms with Gasteiger partial charge in [0.15, 0.2) is 0 Å². The van der Waals surface area contributed by atoms with Gasteiger partial charge in [0, 0.05) is 0 Å². The summed E-state index contributed by atoms with van der Waals surface area (Å²) in [5.74, 6) is 0. The van der Waals surface area contributed by atoms with Crippen molar-refractivity contribution in [1.82, 2.24) is 10.6 Å². The Labute approximate surface area is 148 Å². The molecule has 0 heterocycles. The molecule has 0 spiro atoms. The molecule has 0 bridgehead atoms. The molecule has 0 aromatic carbocycles. The zero-order valence-corrected chi connectivity index (χ0v) is 16.0. The number of carbonyl (C=O) groups is 2. The van der Waals surface area contributed by atoms with Crippen molar-refractivity contribution in [3.63, 3.8) is 0 Å². The highest BCUT2D eigenvalue weighted by atomic mass is 16.6. The summed E-state index contributed by atoms with van der Waals surface area (Å²) in [6.07, 6.45) is -3.21. The lowest BCUT2D eigenvalue weighted by molar-refractivity contribution is -0.0212. The Morgan fingerprint density at radius 3 is 1.72 bits per heavy atom. The van der Waals surface area contributed by atoms with Crippen LogP contribution in [0, 0.1) is 0 Å². The molecule has 0 aromatic heterocycles. The van der Waals surface area contributed by atoms with Crippen molar-refractivity contribution in [3.05, 3.63) is 0 Å². The number of aliphatic hydroxyl groups excluding tert-OH is 3. The van der Waals surface area contributed by atoms with Gasteiger partial charge in [0.1, 0.15) is 17.3 Å². The molecule has 9 nitrogen and oxygen atoms in total. The van der Waals surface area contributed by atoms with Crippen molar-refractivity contribution in [3.8, 4) is 0 Å². The van der Waals surface area contributed by atoms with Crippen molar-refractivity contribution < 1.29 is 34.4 Å². The third-order valence-corrected chi connectivity index (χ3v) is 3.05. The molecule has 5 N–H and O–H groups in total. The van der Waals surface area contributed by atoms with Crippen LogP contribution in [0.15, 0.2) is 0 Å². The smallest absolute Gasteiger partial charge is 0.408 e. The predicted molar refractivity (Wildman–Crippen MR) is 91.1 cm³/mol. The number of rotatable bonds is 6. The van der Waals surface area contributed by atoms with E-state index in [1.807, 2.05) is 0 Å². The predicted octanol–water partition coefficient (Wildman–Crippen LogP) is 0.509. The lowest BCUT2D eigenvalue weighted by Crippen LogP contribution is -2.65. The highest BCUT2D eigenvalue weighted by molar-refractivity contribution is 5.69. The summed E-state index contributed by atoms with van der Waals surface area (Å²) in [5.41, 5.74) is -3.09. The van der Waals surface area contributed by atoms with Crippen LogP contribution in [-0.4, -0.2) is 69.6 Å². The first-order valence-electron chi connectivity index (χ1n) is 8.04. The Morgan fingerprint density at radius 2 is 1.36 bits per heavy atom. The van der Waals surface area contributed by atoms with Crippen molar-refractivity contribution >= 4 is 12.2 Å². The summed E-state index contributed by atoms with van der Waals surface area (Å²) in [6.45, 7) is 10.1. The molecule has 3 atom stereocenters. The lowest BCUT2D eigenvalue weighted by atomic mass is 9.90. The Kier molecular flexibility index (Phi) is 8.13. The summed E-state index contributed by atoms with van der Waals surface area (Å²) in [7, 11) is 0. The van der Waals surface area contributed by atoms with Crippen LogP contribution in [0.1, 0.15) is 48.5 Å². The van der Waals surface area contributed by atoms with E-state index in [9.17, 15) is 24.9 Å². The van der Waals surface area contributed by atoms with Gasteiger partial charge in [-0.15, -0.1) is 0 Å². The van der Waals surface area contributed by atoms with E-state index < -0.39 is 54.3 Å². The number of nitrogens with one attached hydrogen (secondary N) is 2. The largest absolute Gasteiger partial charge is 0.444 e. The third-order valence-electron chi connectivity index (χ3n) is 3.05. The summed E-state index contributed by atoms with van der Waals surface area (Å²) in [5, 5.41) is 34.2. The van der Waals surface area contributed by atoms with Crippen LogP contribution < -0.4 is 10.6 Å². The summed E-state index contributed by atoms with van der Waals surface area (Å²) < 4.78 is 10.2. The lowest BCUT2D eigenvalue weighted by Gasteiger charge is -2.38. The van der Waals surface area contributed by atoms with Gasteiger partial charge in [0.25, 0.3) is 0 Å². The average Bonchev–Trinajstić information content (AvgIpc) is 2.39. The number of ether oxygens (including phenoxy) is 2. The fourth-order valence-electron chi connectivity index (χ4n) is 1.87. The number of hydrogen-bond acceptors (Lipinski definition) is 7. The van der Waals surface area contributed by atoms with Gasteiger partial charge in [-0.1, -0.05) is 0 Å². The Balaban J connectivity index is 5.08. The van der Waals surface area contributed by atoms with E-state index in [1.54, 1.807) is 41.5 Å². The molecule has 0 aliphatic rings. The fourth-order valence-corrected chi connectivity index (χ4v) is 1.87. The van der Waals surface area contributed by atoms with Crippen LogP contribution in [0.4, 0.5) is 9.59 Å². The van der Waals surface area contributed by atoms with Crippen molar-refractivity contribution in [2.45, 2.75) is 77.4 Å². The van der Waals surface area contributed by atoms with Gasteiger partial charge in [0.2, 0.25) is 0 Å². The maximum absolute atomic E-state index is 11.9. The molecule has 0 radical (unpaired) electrons. The number of alkyl carbamates (subject to hydrolysis) is 2. The molecule has 25 heavy (non-hydrogen) atoms. The molecule has 9 heteroatoms. The second-order valence-electron chi connectivity index (χ2n) is 8.08. The topological polar surface area (TPSA) is 137 Å². The summed E-state index contributed by atoms with van der Waals surface area (Å²) >= 11 is 0. The molecule has 0 rings (SSSR count). The minimum Gasteiger partial charge on any atom is -0.444 e. The zero-order chi connectivity index (χ0) is 20.1. The molecule has 0 aromatic rings. The number of aliphatic hydroxyl groups is 3. The van der Waals surface area contributed by atoms with Gasteiger partial charge < -0.3 is 35.4 Å². The molecule has 0 saturated carbocycles. The highest BCUT2D eigenvalue weighted by Gasteiger charge is 2.41. The highest BCUT2D eigenvalue weighted by Crippen LogP contribution is 2.16. The minimum absolute atomic E-state index is 0.633. The second-order valence-corrected chi connectivity index (χ2v) is 8.08. The first-order chi connectivity index (χ1) is 11.1. The van der Waals surface area contributed by atoms with Gasteiger partial charge in [-0.05, 0) is 48.5 Å². The van der Waals surface area contributed by atoms with E-state index in [1.165, 1.54) is 6.92 Å². The normalized spacial score (nSPS) is 17.0. The molecular formula is C16H32N2O7. The van der Waals surface area contributed by atoms with Crippen LogP contribution in [0.2, 0.25) is 0 Å². The fraction of sp³-hybridized carbons (Fsp3) is 0.875. The Bertz CT molecular complexity index is 456. The quantitative estimate of drug-likeness (QED) is 0.463. The van der Waals surface area contributed by atoms with E-state index in [0.717, 1.165) is 0 Å². The van der Waals surface area contributed by atoms with Crippen LogP contribution >= 0.6 is 0 Å². The van der Waals surface area contributed by atoms with Crippen molar-refractivity contribution in [2.75, 3.05) is 13.2 Å². The standard InChI is InChI=1S/C16H32N2O7/c1-14(2,3)24-12(22)17-10(8-19)11(21)16(7,9-20)18-13(23)25-15(4,5)6/h10-11,19-21H,8-9H2,1-7H3,(H,17,22)(H,18,23)/t10-,11+,16+/m0/s1. The van der Waals surface area contributed by atoms with Gasteiger partial charge in [-0.25, -0.2) is 9.59 Å². The molecule has 0 saturated heterocycles. The van der Waals surface area contributed by atoms with E-state index in [2.05, 4.69) is 10.6 Å². The first kappa shape index (κ1) is 23.4. The number of carbonyl (C=O) groups excluding carboxylic acids is 2. The maximum atomic E-state index is 11.9. The van der Waals surface area contributed by atoms with Gasteiger partial charge in [0.05, 0.1) is 24.8 Å². The van der Waals surface area contributed by atoms with Crippen LogP contribution in [0.5, 0.6) is 0 Å². The van der Waals surface area contributed by atoms with E-state index in [4.69, 9.17) is 9.47 Å². The van der Waals surface area contributed by atoms with Crippen LogP contribution in [0.3, 0.4) is 0 Å². The van der Waals surface area contributed by atoms with Crippen molar-refractivity contribution in [2.24, 2.45) is 0 Å². The van der Waals surface area contributed by atoms with E-state index in [0.29, 0.717) is 0 Å². The molecule has 0 aliphatic carbocycles. The number of amides is 2. The maximum Gasteiger partial charge on any atom is 0.408 e. The third kappa shape index (κ3) is 8.89. The monoisotopic (exact) mass is 364 g/mol. The molecule has 2 amide bonds. The molecular weight excluding hydrogens is 332 g/mol. The van der Waals surface area contributed by atoms with E-state index >= 15 is 0 Å². The van der Waals surface area contributed by atoms with Gasteiger partial charge in [-0.3, -0.25) is 0 Å². The van der Waals surface area contributed by atoms with Crippen LogP contribution in [0.25, 0.3) is 0 Å². The SMILES string of the molecule is CC(C)(C)OC(=O)N[C@@H](CO)[C@@H](O)[C@@](C)(CO)NC(=O)OC(C)(C)C. The molecule has 0 unspecified atom stereocenters. The zero-order valence-electron chi connectivity index (χ0n) is 16.0. The first-order valence-corrected chi connectivity index (χ1v) is 8.04. The molecule has 0 fully saturated rings. The second kappa shape index (κ2) is 8.68. The summed E-state index contributed by atoms with van der Waals surface area (Å²) in [4.78, 5) is 23.8. The molecule has 0 aliphatic heterocycles. The van der Waals surface area contributed by atoms with Gasteiger partial charge in [-0.2, -0.15) is 0 Å². The average molecular weight is 364 g/mol. The van der Waals surface area contributed by atoms with Gasteiger partial charge >= 0.3 is 12.2 Å². The minimum atomic E-state index is -1.56. The van der Waals surface area contributed by atoms with E-state index in [-0.39, 0.29) is 0 Å². The Hall–Kier alpha value is -1.58. The summed E-state index contributed by atoms with van der Waals surface area (Å²) in [6, 6.07) is -1.18. The molecule has 148 valence electrons.